The molecule has 0 aliphatic carbocycles. The standard InChI is InChI=1S/C77H143NO18/c1-3-5-7-9-11-13-15-17-19-21-23-25-27-28-29-30-31-33-34-36-38-40-42-44-46-48-50-52-54-61(82)60(78-65(83)55-53-51-49-47-45-43-41-39-37-35-32-26-24-22-20-18-16-14-12-10-8-6-4-2)59-91-75-71(89)68(86)73(63(57-80)93-75)96-77-72(90)69(87)74(64(58-81)94-77)95-76-70(88)67(85)66(84)62(56-79)92-76/h36,38,44,46,52,54,60-64,66-77,79-82,84-90H,3-35,37,39-43,45,47-51,53,55-59H2,1-2H3,(H,78,83)/b38-36+,46-44+,54-52+. The number of carbonyl (C=O) groups excluding carboxylic acids is 1. The molecule has 3 fully saturated rings. The Morgan fingerprint density at radius 3 is 1.04 bits per heavy atom. The quantitative estimate of drug-likeness (QED) is 0.0199. The highest BCUT2D eigenvalue weighted by atomic mass is 16.8. The third-order valence-corrected chi connectivity index (χ3v) is 19.7. The Morgan fingerprint density at radius 1 is 0.365 bits per heavy atom. The van der Waals surface area contributed by atoms with Gasteiger partial charge in [0, 0.05) is 6.42 Å². The van der Waals surface area contributed by atoms with Crippen molar-refractivity contribution in [1.29, 1.82) is 0 Å². The number of aliphatic hydroxyl groups is 11. The molecule has 3 aliphatic heterocycles. The number of hydrogen-bond donors (Lipinski definition) is 12. The van der Waals surface area contributed by atoms with Crippen LogP contribution in [0.25, 0.3) is 0 Å². The van der Waals surface area contributed by atoms with E-state index in [-0.39, 0.29) is 18.9 Å². The van der Waals surface area contributed by atoms with Gasteiger partial charge in [0.2, 0.25) is 5.91 Å². The number of unbranched alkanes of at least 4 members (excludes halogenated alkanes) is 42. The molecule has 19 heteroatoms. The molecule has 0 bridgehead atoms. The molecule has 0 spiro atoms. The third-order valence-electron chi connectivity index (χ3n) is 19.7. The van der Waals surface area contributed by atoms with Gasteiger partial charge in [-0.1, -0.05) is 301 Å². The average molecular weight is 1370 g/mol. The van der Waals surface area contributed by atoms with E-state index in [0.717, 1.165) is 44.9 Å². The Kier molecular flexibility index (Phi) is 53.8. The summed E-state index contributed by atoms with van der Waals surface area (Å²) in [5.74, 6) is -0.283. The van der Waals surface area contributed by atoms with Crippen LogP contribution in [0.3, 0.4) is 0 Å². The minimum Gasteiger partial charge on any atom is -0.394 e. The highest BCUT2D eigenvalue weighted by molar-refractivity contribution is 5.76. The lowest BCUT2D eigenvalue weighted by atomic mass is 9.96. The second kappa shape index (κ2) is 58.5. The van der Waals surface area contributed by atoms with Crippen molar-refractivity contribution >= 4 is 5.91 Å². The molecule has 96 heavy (non-hydrogen) atoms. The molecule has 0 saturated carbocycles. The summed E-state index contributed by atoms with van der Waals surface area (Å²) in [6.07, 6.45) is 44.2. The van der Waals surface area contributed by atoms with Crippen LogP contribution in [0, 0.1) is 0 Å². The van der Waals surface area contributed by atoms with Crippen molar-refractivity contribution < 1.29 is 89.4 Å². The van der Waals surface area contributed by atoms with Gasteiger partial charge in [0.15, 0.2) is 18.9 Å². The van der Waals surface area contributed by atoms with E-state index in [2.05, 4.69) is 43.5 Å². The first-order valence-electron chi connectivity index (χ1n) is 39.2. The van der Waals surface area contributed by atoms with Crippen molar-refractivity contribution in [2.75, 3.05) is 26.4 Å². The normalized spacial score (nSPS) is 27.2. The van der Waals surface area contributed by atoms with Crippen LogP contribution >= 0.6 is 0 Å². The summed E-state index contributed by atoms with van der Waals surface area (Å²) in [6, 6.07) is -0.995. The van der Waals surface area contributed by atoms with Crippen LogP contribution in [-0.4, -0.2) is 193 Å². The Morgan fingerprint density at radius 2 is 0.667 bits per heavy atom. The van der Waals surface area contributed by atoms with Crippen LogP contribution in [-0.2, 0) is 33.2 Å². The smallest absolute Gasteiger partial charge is 0.220 e. The van der Waals surface area contributed by atoms with Gasteiger partial charge in [0.1, 0.15) is 73.2 Å². The second-order valence-corrected chi connectivity index (χ2v) is 28.2. The van der Waals surface area contributed by atoms with Gasteiger partial charge >= 0.3 is 0 Å². The Labute approximate surface area is 581 Å². The summed E-state index contributed by atoms with van der Waals surface area (Å²) in [7, 11) is 0. The fourth-order valence-corrected chi connectivity index (χ4v) is 13.3. The fraction of sp³-hybridized carbons (Fsp3) is 0.909. The van der Waals surface area contributed by atoms with Crippen LogP contribution in [0.15, 0.2) is 36.5 Å². The SMILES string of the molecule is CCCCCCCCCCCCCCCCCCCC/C=C/CC/C=C/CC/C=C/C(O)C(COC1OC(CO)C(OC2OC(CO)C(OC3OC(CO)C(O)C(O)C3O)C(O)C2O)C(O)C1O)NC(=O)CCCCCCCCCCCCCCCCCCCCCCCCC. The maximum Gasteiger partial charge on any atom is 0.220 e. The number of ether oxygens (including phenoxy) is 6. The topological polar surface area (TPSA) is 307 Å². The third kappa shape index (κ3) is 38.9. The summed E-state index contributed by atoms with van der Waals surface area (Å²) >= 11 is 0. The number of hydrogen-bond acceptors (Lipinski definition) is 18. The van der Waals surface area contributed by atoms with Gasteiger partial charge < -0.3 is 89.9 Å². The van der Waals surface area contributed by atoms with E-state index in [1.54, 1.807) is 6.08 Å². The molecule has 17 atom stereocenters. The highest BCUT2D eigenvalue weighted by Crippen LogP contribution is 2.33. The number of carbonyl (C=O) groups is 1. The molecule has 1 amide bonds. The van der Waals surface area contributed by atoms with E-state index in [1.165, 1.54) is 238 Å². The van der Waals surface area contributed by atoms with E-state index < -0.39 is 124 Å². The monoisotopic (exact) mass is 1370 g/mol. The highest BCUT2D eigenvalue weighted by Gasteiger charge is 2.53. The Hall–Kier alpha value is -1.99. The largest absolute Gasteiger partial charge is 0.394 e. The van der Waals surface area contributed by atoms with E-state index in [9.17, 15) is 61.0 Å². The number of allylic oxidation sites excluding steroid dienone is 5. The van der Waals surface area contributed by atoms with Crippen molar-refractivity contribution in [1.82, 2.24) is 5.32 Å². The minimum absolute atomic E-state index is 0.236. The first-order valence-corrected chi connectivity index (χ1v) is 39.2. The predicted octanol–water partition coefficient (Wildman–Crippen LogP) is 12.3. The zero-order valence-electron chi connectivity index (χ0n) is 60.1. The summed E-state index contributed by atoms with van der Waals surface area (Å²) in [6.45, 7) is 1.76. The summed E-state index contributed by atoms with van der Waals surface area (Å²) in [4.78, 5) is 13.4. The summed E-state index contributed by atoms with van der Waals surface area (Å²) < 4.78 is 34.4. The Bertz CT molecular complexity index is 1880. The van der Waals surface area contributed by atoms with Gasteiger partial charge in [-0.05, 0) is 44.9 Å². The van der Waals surface area contributed by atoms with Gasteiger partial charge in [-0.2, -0.15) is 0 Å². The van der Waals surface area contributed by atoms with E-state index in [1.807, 2.05) is 6.08 Å². The number of aliphatic hydroxyl groups excluding tert-OH is 11. The van der Waals surface area contributed by atoms with Crippen molar-refractivity contribution in [3.8, 4) is 0 Å². The second-order valence-electron chi connectivity index (χ2n) is 28.2. The maximum absolute atomic E-state index is 13.4. The summed E-state index contributed by atoms with van der Waals surface area (Å²) in [5.41, 5.74) is 0. The molecule has 0 aromatic rings. The molecule has 3 rings (SSSR count). The lowest BCUT2D eigenvalue weighted by molar-refractivity contribution is -0.379. The van der Waals surface area contributed by atoms with E-state index in [4.69, 9.17) is 28.4 Å². The molecule has 3 heterocycles. The molecule has 19 nitrogen and oxygen atoms in total. The molecule has 3 saturated heterocycles. The summed E-state index contributed by atoms with van der Waals surface area (Å²) in [5, 5.41) is 121. The number of nitrogens with one attached hydrogen (secondary N) is 1. The zero-order chi connectivity index (χ0) is 69.6. The van der Waals surface area contributed by atoms with Crippen LogP contribution in [0.4, 0.5) is 0 Å². The fourth-order valence-electron chi connectivity index (χ4n) is 13.3. The Balaban J connectivity index is 1.41. The van der Waals surface area contributed by atoms with Gasteiger partial charge in [-0.15, -0.1) is 0 Å². The predicted molar refractivity (Wildman–Crippen MR) is 379 cm³/mol. The molecular weight excluding hydrogens is 1230 g/mol. The van der Waals surface area contributed by atoms with Crippen molar-refractivity contribution in [3.05, 3.63) is 36.5 Å². The number of amides is 1. The van der Waals surface area contributed by atoms with Gasteiger partial charge in [0.25, 0.3) is 0 Å². The van der Waals surface area contributed by atoms with Crippen molar-refractivity contribution in [2.45, 2.75) is 420 Å². The first-order chi connectivity index (χ1) is 46.8. The molecular formula is C77H143NO18. The van der Waals surface area contributed by atoms with E-state index in [0.29, 0.717) is 12.8 Å². The van der Waals surface area contributed by atoms with Gasteiger partial charge in [-0.3, -0.25) is 4.79 Å². The minimum atomic E-state index is -1.98. The average Bonchev–Trinajstić information content (AvgIpc) is 0.787. The molecule has 17 unspecified atom stereocenters. The molecule has 0 aromatic heterocycles. The van der Waals surface area contributed by atoms with Gasteiger partial charge in [0.05, 0.1) is 38.6 Å². The van der Waals surface area contributed by atoms with Crippen molar-refractivity contribution in [2.24, 2.45) is 0 Å². The van der Waals surface area contributed by atoms with Crippen molar-refractivity contribution in [3.63, 3.8) is 0 Å². The molecule has 12 N–H and O–H groups in total. The van der Waals surface area contributed by atoms with Crippen LogP contribution in [0.2, 0.25) is 0 Å². The van der Waals surface area contributed by atoms with Crippen LogP contribution < -0.4 is 5.32 Å². The lowest BCUT2D eigenvalue weighted by Crippen LogP contribution is -2.66. The zero-order valence-corrected chi connectivity index (χ0v) is 60.1. The van der Waals surface area contributed by atoms with Gasteiger partial charge in [-0.25, -0.2) is 0 Å². The first kappa shape index (κ1) is 88.2. The molecule has 0 aromatic carbocycles. The maximum atomic E-state index is 13.4. The number of rotatable bonds is 62. The van der Waals surface area contributed by atoms with Crippen LogP contribution in [0.5, 0.6) is 0 Å². The lowest BCUT2D eigenvalue weighted by Gasteiger charge is -2.48. The van der Waals surface area contributed by atoms with Crippen LogP contribution in [0.1, 0.15) is 316 Å². The molecule has 3 aliphatic rings. The van der Waals surface area contributed by atoms with E-state index >= 15 is 0 Å². The molecule has 564 valence electrons. The molecule has 0 radical (unpaired) electrons.